The third-order valence-corrected chi connectivity index (χ3v) is 3.72. The van der Waals surface area contributed by atoms with E-state index in [1.165, 1.54) is 6.07 Å². The fourth-order valence-corrected chi connectivity index (χ4v) is 2.48. The quantitative estimate of drug-likeness (QED) is 0.523. The number of rotatable bonds is 2. The van der Waals surface area contributed by atoms with Crippen molar-refractivity contribution in [3.8, 4) is 6.07 Å². The van der Waals surface area contributed by atoms with Crippen LogP contribution in [0.25, 0.3) is 22.4 Å². The zero-order chi connectivity index (χ0) is 15.7. The Labute approximate surface area is 136 Å². The number of hydrogen-bond donors (Lipinski definition) is 2. The predicted octanol–water partition coefficient (Wildman–Crippen LogP) is 4.82. The second-order valence-electron chi connectivity index (χ2n) is 4.56. The fourth-order valence-electron chi connectivity index (χ4n) is 2.10. The molecule has 3 aromatic rings. The van der Waals surface area contributed by atoms with Crippen LogP contribution in [0, 0.1) is 11.3 Å². The maximum Gasteiger partial charge on any atom is 0.153 e. The number of aliphatic hydroxyl groups is 1. The summed E-state index contributed by atoms with van der Waals surface area (Å²) in [6, 6.07) is 14.0. The highest BCUT2D eigenvalue weighted by atomic mass is 35.5. The van der Waals surface area contributed by atoms with E-state index in [-0.39, 0.29) is 22.7 Å². The Hall–Kier alpha value is -2.48. The lowest BCUT2D eigenvalue weighted by atomic mass is 10.1. The van der Waals surface area contributed by atoms with Gasteiger partial charge in [0.15, 0.2) is 5.82 Å². The molecule has 0 saturated carbocycles. The van der Waals surface area contributed by atoms with Gasteiger partial charge in [0.1, 0.15) is 17.4 Å². The van der Waals surface area contributed by atoms with Crippen molar-refractivity contribution in [2.45, 2.75) is 0 Å². The van der Waals surface area contributed by atoms with Crippen LogP contribution in [0.4, 0.5) is 0 Å². The summed E-state index contributed by atoms with van der Waals surface area (Å²) in [5.74, 6) is 0.00583. The molecular formula is C16H9Cl2N3O. The summed E-state index contributed by atoms with van der Waals surface area (Å²) in [5.41, 5.74) is 1.76. The third-order valence-electron chi connectivity index (χ3n) is 3.16. The van der Waals surface area contributed by atoms with E-state index in [0.29, 0.717) is 15.6 Å². The highest BCUT2D eigenvalue weighted by Gasteiger charge is 2.17. The summed E-state index contributed by atoms with van der Waals surface area (Å²) in [5, 5.41) is 20.5. The number of fused-ring (bicyclic) bond motifs is 1. The van der Waals surface area contributed by atoms with E-state index in [1.54, 1.807) is 12.1 Å². The molecule has 0 aliphatic rings. The highest BCUT2D eigenvalue weighted by molar-refractivity contribution is 6.34. The molecule has 2 aromatic carbocycles. The number of nitrogens with one attached hydrogen (secondary N) is 1. The molecule has 0 atom stereocenters. The maximum atomic E-state index is 10.4. The largest absolute Gasteiger partial charge is 0.506 e. The third kappa shape index (κ3) is 2.52. The van der Waals surface area contributed by atoms with E-state index in [2.05, 4.69) is 9.97 Å². The molecule has 2 N–H and O–H groups in total. The van der Waals surface area contributed by atoms with Gasteiger partial charge < -0.3 is 10.1 Å². The molecule has 0 amide bonds. The summed E-state index contributed by atoms with van der Waals surface area (Å²) in [6.45, 7) is 0. The number of nitriles is 1. The minimum atomic E-state index is -0.269. The summed E-state index contributed by atoms with van der Waals surface area (Å²) < 4.78 is 0. The Bertz CT molecular complexity index is 905. The van der Waals surface area contributed by atoms with Crippen molar-refractivity contribution in [1.82, 2.24) is 9.97 Å². The van der Waals surface area contributed by atoms with Gasteiger partial charge >= 0.3 is 0 Å². The van der Waals surface area contributed by atoms with Gasteiger partial charge in [0.25, 0.3) is 0 Å². The standard InChI is InChI=1S/C16H9Cl2N3O/c17-9-5-6-12(18)10(7-9)15(22)11(8-19)16-20-13-3-1-2-4-14(13)21-16/h1-7,22H,(H,20,21)/b15-11-. The molecule has 22 heavy (non-hydrogen) atoms. The summed E-state index contributed by atoms with van der Waals surface area (Å²) in [6.07, 6.45) is 0. The van der Waals surface area contributed by atoms with Crippen molar-refractivity contribution in [2.75, 3.05) is 0 Å². The lowest BCUT2D eigenvalue weighted by molar-refractivity contribution is 0.514. The second kappa shape index (κ2) is 5.72. The molecule has 1 aromatic heterocycles. The summed E-state index contributed by atoms with van der Waals surface area (Å²) >= 11 is 12.0. The zero-order valence-corrected chi connectivity index (χ0v) is 12.7. The average molecular weight is 330 g/mol. The van der Waals surface area contributed by atoms with Crippen LogP contribution in [0.5, 0.6) is 0 Å². The molecule has 0 radical (unpaired) electrons. The maximum absolute atomic E-state index is 10.4. The second-order valence-corrected chi connectivity index (χ2v) is 5.41. The monoisotopic (exact) mass is 329 g/mol. The van der Waals surface area contributed by atoms with Crippen molar-refractivity contribution in [3.05, 3.63) is 63.9 Å². The van der Waals surface area contributed by atoms with Gasteiger partial charge in [-0.05, 0) is 30.3 Å². The van der Waals surface area contributed by atoms with E-state index < -0.39 is 0 Å². The molecule has 3 rings (SSSR count). The number of allylic oxidation sites excluding steroid dienone is 1. The lowest BCUT2D eigenvalue weighted by Gasteiger charge is -2.05. The van der Waals surface area contributed by atoms with Crippen LogP contribution in [-0.2, 0) is 0 Å². The number of imidazole rings is 1. The molecule has 0 spiro atoms. The molecule has 108 valence electrons. The van der Waals surface area contributed by atoms with Crippen LogP contribution in [0.3, 0.4) is 0 Å². The number of aromatic amines is 1. The number of halogens is 2. The van der Waals surface area contributed by atoms with Gasteiger partial charge in [-0.2, -0.15) is 5.26 Å². The van der Waals surface area contributed by atoms with Crippen molar-refractivity contribution >= 4 is 45.6 Å². The average Bonchev–Trinajstić information content (AvgIpc) is 2.93. The van der Waals surface area contributed by atoms with Crippen molar-refractivity contribution in [1.29, 1.82) is 5.26 Å². The highest BCUT2D eigenvalue weighted by Crippen LogP contribution is 2.30. The van der Waals surface area contributed by atoms with Gasteiger partial charge in [0, 0.05) is 10.6 Å². The van der Waals surface area contributed by atoms with E-state index >= 15 is 0 Å². The van der Waals surface area contributed by atoms with E-state index in [4.69, 9.17) is 23.2 Å². The predicted molar refractivity (Wildman–Crippen MR) is 87.6 cm³/mol. The lowest BCUT2D eigenvalue weighted by Crippen LogP contribution is -1.93. The minimum Gasteiger partial charge on any atom is -0.506 e. The molecular weight excluding hydrogens is 321 g/mol. The van der Waals surface area contributed by atoms with E-state index in [0.717, 1.165) is 5.52 Å². The van der Waals surface area contributed by atoms with Crippen molar-refractivity contribution in [3.63, 3.8) is 0 Å². The number of para-hydroxylation sites is 2. The Morgan fingerprint density at radius 3 is 2.68 bits per heavy atom. The Kier molecular flexibility index (Phi) is 3.76. The Morgan fingerprint density at radius 1 is 1.18 bits per heavy atom. The Morgan fingerprint density at radius 2 is 1.95 bits per heavy atom. The van der Waals surface area contributed by atoms with E-state index in [9.17, 15) is 10.4 Å². The smallest absolute Gasteiger partial charge is 0.153 e. The molecule has 4 nitrogen and oxygen atoms in total. The number of benzene rings is 2. The first-order valence-electron chi connectivity index (χ1n) is 6.34. The molecule has 6 heteroatoms. The van der Waals surface area contributed by atoms with Crippen LogP contribution in [-0.4, -0.2) is 15.1 Å². The molecule has 0 aliphatic carbocycles. The van der Waals surface area contributed by atoms with Gasteiger partial charge in [-0.15, -0.1) is 0 Å². The van der Waals surface area contributed by atoms with Crippen molar-refractivity contribution < 1.29 is 5.11 Å². The molecule has 0 bridgehead atoms. The summed E-state index contributed by atoms with van der Waals surface area (Å²) in [7, 11) is 0. The first kappa shape index (κ1) is 14.5. The Balaban J connectivity index is 2.20. The number of hydrogen-bond acceptors (Lipinski definition) is 3. The molecule has 1 heterocycles. The molecule has 0 saturated heterocycles. The van der Waals surface area contributed by atoms with Crippen LogP contribution in [0.15, 0.2) is 42.5 Å². The van der Waals surface area contributed by atoms with Crippen LogP contribution in [0.2, 0.25) is 10.0 Å². The number of aromatic nitrogens is 2. The van der Waals surface area contributed by atoms with Gasteiger partial charge in [-0.25, -0.2) is 4.98 Å². The normalized spacial score (nSPS) is 12.0. The van der Waals surface area contributed by atoms with Gasteiger partial charge in [0.2, 0.25) is 0 Å². The fraction of sp³-hybridized carbons (Fsp3) is 0. The van der Waals surface area contributed by atoms with Crippen LogP contribution < -0.4 is 0 Å². The van der Waals surface area contributed by atoms with Crippen molar-refractivity contribution in [2.24, 2.45) is 0 Å². The molecule has 0 fully saturated rings. The topological polar surface area (TPSA) is 72.7 Å². The van der Waals surface area contributed by atoms with Crippen LogP contribution in [0.1, 0.15) is 11.4 Å². The van der Waals surface area contributed by atoms with E-state index in [1.807, 2.05) is 30.3 Å². The molecule has 0 unspecified atom stereocenters. The zero-order valence-electron chi connectivity index (χ0n) is 11.1. The van der Waals surface area contributed by atoms with Gasteiger partial charge in [-0.3, -0.25) is 0 Å². The van der Waals surface area contributed by atoms with Gasteiger partial charge in [-0.1, -0.05) is 35.3 Å². The first-order valence-corrected chi connectivity index (χ1v) is 7.09. The number of aliphatic hydroxyl groups excluding tert-OH is 1. The summed E-state index contributed by atoms with van der Waals surface area (Å²) in [4.78, 5) is 7.31. The number of H-pyrrole nitrogens is 1. The first-order chi connectivity index (χ1) is 10.6. The minimum absolute atomic E-state index is 0.000340. The number of nitrogens with zero attached hydrogens (tertiary/aromatic N) is 2. The van der Waals surface area contributed by atoms with Crippen LogP contribution >= 0.6 is 23.2 Å². The van der Waals surface area contributed by atoms with Gasteiger partial charge in [0.05, 0.1) is 16.1 Å². The SMILES string of the molecule is N#C/C(=C(/O)c1cc(Cl)ccc1Cl)c1nc2ccccc2[nH]1. The molecule has 0 aliphatic heterocycles.